The molecule has 1 atom stereocenters. The lowest BCUT2D eigenvalue weighted by atomic mass is 9.87. The SMILES string of the molecule is CC1(C)CCCC1NCC(N)=O. The summed E-state index contributed by atoms with van der Waals surface area (Å²) in [6, 6.07) is 0.463. The van der Waals surface area contributed by atoms with Crippen LogP contribution in [0, 0.1) is 5.41 Å². The van der Waals surface area contributed by atoms with Crippen molar-refractivity contribution in [1.82, 2.24) is 5.32 Å². The van der Waals surface area contributed by atoms with Gasteiger partial charge in [0.2, 0.25) is 5.91 Å². The predicted octanol–water partition coefficient (Wildman–Crippen LogP) is 0.640. The summed E-state index contributed by atoms with van der Waals surface area (Å²) in [5, 5.41) is 3.20. The summed E-state index contributed by atoms with van der Waals surface area (Å²) < 4.78 is 0. The topological polar surface area (TPSA) is 55.1 Å². The minimum atomic E-state index is -0.266. The average Bonchev–Trinajstić information content (AvgIpc) is 2.25. The van der Waals surface area contributed by atoms with Gasteiger partial charge in [-0.1, -0.05) is 20.3 Å². The zero-order chi connectivity index (χ0) is 9.19. The number of carbonyl (C=O) groups is 1. The first-order valence-corrected chi connectivity index (χ1v) is 4.54. The van der Waals surface area contributed by atoms with Gasteiger partial charge in [0.25, 0.3) is 0 Å². The fourth-order valence-electron chi connectivity index (χ4n) is 1.93. The molecule has 1 aliphatic carbocycles. The molecule has 1 unspecified atom stereocenters. The minimum Gasteiger partial charge on any atom is -0.369 e. The van der Waals surface area contributed by atoms with E-state index in [1.165, 1.54) is 19.3 Å². The van der Waals surface area contributed by atoms with Crippen molar-refractivity contribution in [1.29, 1.82) is 0 Å². The summed E-state index contributed by atoms with van der Waals surface area (Å²) in [5.41, 5.74) is 5.39. The third kappa shape index (κ3) is 2.21. The number of hydrogen-bond acceptors (Lipinski definition) is 2. The van der Waals surface area contributed by atoms with Crippen LogP contribution in [0.15, 0.2) is 0 Å². The lowest BCUT2D eigenvalue weighted by molar-refractivity contribution is -0.117. The Bertz CT molecular complexity index is 177. The van der Waals surface area contributed by atoms with Crippen LogP contribution in [0.3, 0.4) is 0 Å². The zero-order valence-corrected chi connectivity index (χ0v) is 7.89. The largest absolute Gasteiger partial charge is 0.369 e. The molecular formula is C9H18N2O. The van der Waals surface area contributed by atoms with E-state index in [4.69, 9.17) is 5.73 Å². The summed E-state index contributed by atoms with van der Waals surface area (Å²) in [6.45, 7) is 4.78. The molecule has 70 valence electrons. The molecule has 12 heavy (non-hydrogen) atoms. The average molecular weight is 170 g/mol. The van der Waals surface area contributed by atoms with Crippen LogP contribution in [0.25, 0.3) is 0 Å². The maximum atomic E-state index is 10.5. The molecule has 3 N–H and O–H groups in total. The molecule has 3 heteroatoms. The molecule has 1 aliphatic rings. The van der Waals surface area contributed by atoms with E-state index in [0.29, 0.717) is 18.0 Å². The van der Waals surface area contributed by atoms with Crippen molar-refractivity contribution in [3.8, 4) is 0 Å². The van der Waals surface area contributed by atoms with Gasteiger partial charge in [-0.2, -0.15) is 0 Å². The van der Waals surface area contributed by atoms with Crippen LogP contribution in [0.5, 0.6) is 0 Å². The van der Waals surface area contributed by atoms with Crippen LogP contribution in [0.2, 0.25) is 0 Å². The Morgan fingerprint density at radius 3 is 2.75 bits per heavy atom. The maximum Gasteiger partial charge on any atom is 0.231 e. The van der Waals surface area contributed by atoms with Crippen LogP contribution >= 0.6 is 0 Å². The van der Waals surface area contributed by atoms with E-state index in [1.807, 2.05) is 0 Å². The van der Waals surface area contributed by atoms with Gasteiger partial charge in [0.1, 0.15) is 0 Å². The summed E-state index contributed by atoms with van der Waals surface area (Å²) in [4.78, 5) is 10.5. The van der Waals surface area contributed by atoms with Gasteiger partial charge in [-0.15, -0.1) is 0 Å². The highest BCUT2D eigenvalue weighted by Gasteiger charge is 2.33. The van der Waals surface area contributed by atoms with E-state index >= 15 is 0 Å². The Hall–Kier alpha value is -0.570. The van der Waals surface area contributed by atoms with E-state index in [-0.39, 0.29) is 5.91 Å². The van der Waals surface area contributed by atoms with Gasteiger partial charge in [-0.3, -0.25) is 4.79 Å². The van der Waals surface area contributed by atoms with E-state index in [1.54, 1.807) is 0 Å². The van der Waals surface area contributed by atoms with Gasteiger partial charge < -0.3 is 11.1 Å². The number of primary amides is 1. The predicted molar refractivity (Wildman–Crippen MR) is 48.6 cm³/mol. The first-order chi connectivity index (χ1) is 5.52. The van der Waals surface area contributed by atoms with Crippen LogP contribution in [-0.2, 0) is 4.79 Å². The Labute approximate surface area is 73.7 Å². The van der Waals surface area contributed by atoms with Gasteiger partial charge >= 0.3 is 0 Å². The molecule has 1 saturated carbocycles. The minimum absolute atomic E-state index is 0.266. The second-order valence-electron chi connectivity index (χ2n) is 4.28. The molecule has 0 heterocycles. The van der Waals surface area contributed by atoms with E-state index < -0.39 is 0 Å². The van der Waals surface area contributed by atoms with Crippen molar-refractivity contribution in [2.45, 2.75) is 39.2 Å². The molecule has 0 aromatic rings. The molecule has 3 nitrogen and oxygen atoms in total. The zero-order valence-electron chi connectivity index (χ0n) is 7.89. The molecule has 0 aliphatic heterocycles. The third-order valence-corrected chi connectivity index (χ3v) is 2.78. The molecule has 0 bridgehead atoms. The van der Waals surface area contributed by atoms with Crippen molar-refractivity contribution in [2.24, 2.45) is 11.1 Å². The van der Waals surface area contributed by atoms with Crippen molar-refractivity contribution in [3.63, 3.8) is 0 Å². The van der Waals surface area contributed by atoms with Gasteiger partial charge in [-0.25, -0.2) is 0 Å². The molecule has 1 fully saturated rings. The summed E-state index contributed by atoms with van der Waals surface area (Å²) in [6.07, 6.45) is 3.66. The Kier molecular flexibility index (Phi) is 2.73. The number of nitrogens with one attached hydrogen (secondary N) is 1. The molecule has 0 aromatic carbocycles. The quantitative estimate of drug-likeness (QED) is 0.653. The van der Waals surface area contributed by atoms with Crippen molar-refractivity contribution < 1.29 is 4.79 Å². The Balaban J connectivity index is 2.36. The number of carbonyl (C=O) groups excluding carboxylic acids is 1. The second-order valence-corrected chi connectivity index (χ2v) is 4.28. The monoisotopic (exact) mass is 170 g/mol. The molecule has 0 radical (unpaired) electrons. The molecule has 0 spiro atoms. The fraction of sp³-hybridized carbons (Fsp3) is 0.889. The van der Waals surface area contributed by atoms with Gasteiger partial charge in [0, 0.05) is 6.04 Å². The van der Waals surface area contributed by atoms with Crippen molar-refractivity contribution >= 4 is 5.91 Å². The molecular weight excluding hydrogens is 152 g/mol. The van der Waals surface area contributed by atoms with Crippen LogP contribution < -0.4 is 11.1 Å². The molecule has 0 saturated heterocycles. The highest BCUT2D eigenvalue weighted by atomic mass is 16.1. The summed E-state index contributed by atoms with van der Waals surface area (Å²) >= 11 is 0. The standard InChI is InChI=1S/C9H18N2O/c1-9(2)5-3-4-7(9)11-6-8(10)12/h7,11H,3-6H2,1-2H3,(H2,10,12). The smallest absolute Gasteiger partial charge is 0.231 e. The number of nitrogens with two attached hydrogens (primary N) is 1. The van der Waals surface area contributed by atoms with Crippen LogP contribution in [0.1, 0.15) is 33.1 Å². The number of amides is 1. The van der Waals surface area contributed by atoms with E-state index in [0.717, 1.165) is 0 Å². The Morgan fingerprint density at radius 1 is 1.67 bits per heavy atom. The number of hydrogen-bond donors (Lipinski definition) is 2. The highest BCUT2D eigenvalue weighted by Crippen LogP contribution is 2.36. The lowest BCUT2D eigenvalue weighted by Crippen LogP contribution is -2.42. The molecule has 0 aromatic heterocycles. The second kappa shape index (κ2) is 3.44. The first kappa shape index (κ1) is 9.52. The summed E-state index contributed by atoms with van der Waals surface area (Å²) in [7, 11) is 0. The Morgan fingerprint density at radius 2 is 2.33 bits per heavy atom. The van der Waals surface area contributed by atoms with Gasteiger partial charge in [0.15, 0.2) is 0 Å². The van der Waals surface area contributed by atoms with Gasteiger partial charge in [-0.05, 0) is 18.3 Å². The highest BCUT2D eigenvalue weighted by molar-refractivity contribution is 5.75. The van der Waals surface area contributed by atoms with Crippen molar-refractivity contribution in [2.75, 3.05) is 6.54 Å². The first-order valence-electron chi connectivity index (χ1n) is 4.54. The number of rotatable bonds is 3. The fourth-order valence-corrected chi connectivity index (χ4v) is 1.93. The van der Waals surface area contributed by atoms with Crippen LogP contribution in [-0.4, -0.2) is 18.5 Å². The van der Waals surface area contributed by atoms with E-state index in [9.17, 15) is 4.79 Å². The van der Waals surface area contributed by atoms with E-state index in [2.05, 4.69) is 19.2 Å². The van der Waals surface area contributed by atoms with Crippen molar-refractivity contribution in [3.05, 3.63) is 0 Å². The normalized spacial score (nSPS) is 27.3. The van der Waals surface area contributed by atoms with Gasteiger partial charge in [0.05, 0.1) is 6.54 Å². The molecule has 1 rings (SSSR count). The lowest BCUT2D eigenvalue weighted by Gasteiger charge is -2.27. The maximum absolute atomic E-state index is 10.5. The molecule has 1 amide bonds. The van der Waals surface area contributed by atoms with Crippen LogP contribution in [0.4, 0.5) is 0 Å². The third-order valence-electron chi connectivity index (χ3n) is 2.78. The summed E-state index contributed by atoms with van der Waals surface area (Å²) in [5.74, 6) is -0.266.